The normalized spacial score (nSPS) is 10.7. The van der Waals surface area contributed by atoms with Gasteiger partial charge in [-0.3, -0.25) is 9.59 Å². The highest BCUT2D eigenvalue weighted by Gasteiger charge is 2.17. The highest BCUT2D eigenvalue weighted by molar-refractivity contribution is 7.21. The number of aromatic hydroxyl groups is 1. The molecule has 1 aromatic heterocycles. The molecule has 0 aliphatic heterocycles. The molecule has 6 nitrogen and oxygen atoms in total. The summed E-state index contributed by atoms with van der Waals surface area (Å²) in [6.07, 6.45) is 0. The summed E-state index contributed by atoms with van der Waals surface area (Å²) in [4.78, 5) is 28.0. The average Bonchev–Trinajstić information content (AvgIpc) is 3.37. The first-order valence-electron chi connectivity index (χ1n) is 12.5. The minimum atomic E-state index is -0.211. The Morgan fingerprint density at radius 1 is 0.872 bits per heavy atom. The van der Waals surface area contributed by atoms with Gasteiger partial charge in [0.05, 0.1) is 28.0 Å². The van der Waals surface area contributed by atoms with Crippen molar-refractivity contribution in [2.75, 3.05) is 11.9 Å². The number of hydrogen-bond acceptors (Lipinski definition) is 6. The van der Waals surface area contributed by atoms with Gasteiger partial charge in [0, 0.05) is 12.6 Å². The molecular weight excluding hydrogens is 508 g/mol. The lowest BCUT2D eigenvalue weighted by Gasteiger charge is -2.13. The van der Waals surface area contributed by atoms with Crippen LogP contribution in [-0.2, 0) is 9.53 Å². The summed E-state index contributed by atoms with van der Waals surface area (Å²) in [6.45, 7) is 3.65. The van der Waals surface area contributed by atoms with E-state index in [0.29, 0.717) is 28.4 Å². The summed E-state index contributed by atoms with van der Waals surface area (Å²) in [7, 11) is 0. The minimum Gasteiger partial charge on any atom is -0.507 e. The highest BCUT2D eigenvalue weighted by atomic mass is 32.1. The van der Waals surface area contributed by atoms with Crippen LogP contribution < -0.4 is 5.32 Å². The molecule has 6 rings (SSSR count). The second kappa shape index (κ2) is 11.3. The van der Waals surface area contributed by atoms with Gasteiger partial charge >= 0.3 is 5.97 Å². The van der Waals surface area contributed by atoms with Gasteiger partial charge in [-0.1, -0.05) is 60.7 Å². The number of anilines is 1. The van der Waals surface area contributed by atoms with Gasteiger partial charge in [0.2, 0.25) is 0 Å². The first-order chi connectivity index (χ1) is 18.9. The third-order valence-corrected chi connectivity index (χ3v) is 7.19. The number of carbonyl (C=O) groups excluding carboxylic acids is 2. The molecule has 194 valence electrons. The molecule has 7 heteroatoms. The van der Waals surface area contributed by atoms with Crippen LogP contribution in [0.25, 0.3) is 42.3 Å². The lowest BCUT2D eigenvalue weighted by molar-refractivity contribution is -0.140. The number of ether oxygens (including phenoxy) is 1. The Morgan fingerprint density at radius 3 is 2.13 bits per heavy atom. The number of para-hydroxylation sites is 1. The Morgan fingerprint density at radius 2 is 1.51 bits per heavy atom. The van der Waals surface area contributed by atoms with E-state index < -0.39 is 0 Å². The number of fused-ring (bicyclic) bond motifs is 3. The molecule has 6 aromatic rings. The smallest absolute Gasteiger partial charge is 0.302 e. The summed E-state index contributed by atoms with van der Waals surface area (Å²) in [5, 5.41) is 18.1. The predicted molar refractivity (Wildman–Crippen MR) is 158 cm³/mol. The van der Waals surface area contributed by atoms with Gasteiger partial charge in [0.25, 0.3) is 5.91 Å². The highest BCUT2D eigenvalue weighted by Crippen LogP contribution is 2.37. The Hall–Kier alpha value is -4.75. The number of thiazole rings is 1. The standard InChI is InChI=1S/C28H18N2O2S.C4H8O2/c31-24-14-13-19(16-22(24)28-30-23-11-5-6-12-25(23)33-28)29-27(32)26-20-9-3-1-7-17(20)15-18-8-2-4-10-21(18)26;1-3-6-4(2)5/h1-16,31H,(H,29,32);3H2,1-2H3. The van der Waals surface area contributed by atoms with Crippen molar-refractivity contribution in [1.82, 2.24) is 4.98 Å². The van der Waals surface area contributed by atoms with Crippen LogP contribution in [0, 0.1) is 0 Å². The number of benzene rings is 5. The molecule has 0 unspecified atom stereocenters. The second-order valence-corrected chi connectivity index (χ2v) is 9.82. The van der Waals surface area contributed by atoms with Crippen molar-refractivity contribution in [3.63, 3.8) is 0 Å². The molecule has 0 saturated carbocycles. The fourth-order valence-electron chi connectivity index (χ4n) is 4.43. The first kappa shape index (κ1) is 25.9. The molecule has 39 heavy (non-hydrogen) atoms. The first-order valence-corrected chi connectivity index (χ1v) is 13.3. The molecular formula is C32H26N2O4S. The molecule has 0 spiro atoms. The van der Waals surface area contributed by atoms with Gasteiger partial charge in [0.15, 0.2) is 0 Å². The van der Waals surface area contributed by atoms with Crippen LogP contribution in [0.5, 0.6) is 5.75 Å². The van der Waals surface area contributed by atoms with Gasteiger partial charge in [0.1, 0.15) is 10.8 Å². The van der Waals surface area contributed by atoms with Crippen molar-refractivity contribution in [2.24, 2.45) is 0 Å². The molecule has 5 aromatic carbocycles. The average molecular weight is 535 g/mol. The number of nitrogens with zero attached hydrogens (tertiary/aromatic N) is 1. The molecule has 0 aliphatic rings. The zero-order valence-electron chi connectivity index (χ0n) is 21.5. The van der Waals surface area contributed by atoms with E-state index in [1.54, 1.807) is 25.1 Å². The van der Waals surface area contributed by atoms with Crippen molar-refractivity contribution in [2.45, 2.75) is 13.8 Å². The van der Waals surface area contributed by atoms with E-state index in [-0.39, 0.29) is 17.6 Å². The van der Waals surface area contributed by atoms with Gasteiger partial charge in [-0.25, -0.2) is 4.98 Å². The van der Waals surface area contributed by atoms with Gasteiger partial charge < -0.3 is 15.2 Å². The summed E-state index contributed by atoms with van der Waals surface area (Å²) in [6, 6.07) is 30.9. The van der Waals surface area contributed by atoms with E-state index in [0.717, 1.165) is 31.8 Å². The zero-order valence-corrected chi connectivity index (χ0v) is 22.3. The second-order valence-electron chi connectivity index (χ2n) is 8.79. The summed E-state index contributed by atoms with van der Waals surface area (Å²) < 4.78 is 5.45. The van der Waals surface area contributed by atoms with Crippen LogP contribution in [0.3, 0.4) is 0 Å². The van der Waals surface area contributed by atoms with Crippen LogP contribution in [-0.4, -0.2) is 28.6 Å². The number of carbonyl (C=O) groups is 2. The Bertz CT molecular complexity index is 1740. The van der Waals surface area contributed by atoms with Crippen LogP contribution in [0.15, 0.2) is 97.1 Å². The van der Waals surface area contributed by atoms with Crippen molar-refractivity contribution in [3.8, 4) is 16.3 Å². The van der Waals surface area contributed by atoms with E-state index in [2.05, 4.69) is 21.1 Å². The summed E-state index contributed by atoms with van der Waals surface area (Å²) >= 11 is 1.51. The minimum absolute atomic E-state index is 0.127. The lowest BCUT2D eigenvalue weighted by Crippen LogP contribution is -2.13. The van der Waals surface area contributed by atoms with E-state index in [1.165, 1.54) is 18.3 Å². The van der Waals surface area contributed by atoms with Crippen molar-refractivity contribution >= 4 is 60.7 Å². The molecule has 0 fully saturated rings. The van der Waals surface area contributed by atoms with Crippen LogP contribution in [0.4, 0.5) is 5.69 Å². The fourth-order valence-corrected chi connectivity index (χ4v) is 5.42. The quantitative estimate of drug-likeness (QED) is 0.137. The number of amides is 1. The topological polar surface area (TPSA) is 88.5 Å². The summed E-state index contributed by atoms with van der Waals surface area (Å²) in [5.74, 6) is -0.274. The summed E-state index contributed by atoms with van der Waals surface area (Å²) in [5.41, 5.74) is 2.72. The number of rotatable bonds is 4. The predicted octanol–water partition coefficient (Wildman–Crippen LogP) is 7.80. The fraction of sp³-hybridized carbons (Fsp3) is 0.0938. The largest absolute Gasteiger partial charge is 0.507 e. The van der Waals surface area contributed by atoms with Gasteiger partial charge in [-0.05, 0) is 64.9 Å². The van der Waals surface area contributed by atoms with Crippen molar-refractivity contribution in [1.29, 1.82) is 0 Å². The van der Waals surface area contributed by atoms with E-state index in [1.807, 2.05) is 72.8 Å². The molecule has 2 N–H and O–H groups in total. The monoisotopic (exact) mass is 534 g/mol. The zero-order chi connectivity index (χ0) is 27.4. The van der Waals surface area contributed by atoms with E-state index >= 15 is 0 Å². The lowest BCUT2D eigenvalue weighted by atomic mass is 9.96. The van der Waals surface area contributed by atoms with Gasteiger partial charge in [-0.2, -0.15) is 0 Å². The van der Waals surface area contributed by atoms with Crippen molar-refractivity contribution in [3.05, 3.63) is 103 Å². The number of phenols is 1. The number of nitrogens with one attached hydrogen (secondary N) is 1. The molecule has 0 bridgehead atoms. The van der Waals surface area contributed by atoms with Crippen LogP contribution in [0.1, 0.15) is 24.2 Å². The molecule has 1 heterocycles. The number of aromatic nitrogens is 1. The number of hydrogen-bond donors (Lipinski definition) is 2. The maximum absolute atomic E-state index is 13.5. The molecule has 0 saturated heterocycles. The van der Waals surface area contributed by atoms with Crippen molar-refractivity contribution < 1.29 is 19.4 Å². The Balaban J connectivity index is 0.000000465. The Labute approximate surface area is 229 Å². The molecule has 0 radical (unpaired) electrons. The van der Waals surface area contributed by atoms with E-state index in [9.17, 15) is 14.7 Å². The maximum Gasteiger partial charge on any atom is 0.302 e. The van der Waals surface area contributed by atoms with Crippen LogP contribution >= 0.6 is 11.3 Å². The molecule has 0 aliphatic carbocycles. The van der Waals surface area contributed by atoms with E-state index in [4.69, 9.17) is 0 Å². The SMILES string of the molecule is CCOC(C)=O.O=C(Nc1ccc(O)c(-c2nc3ccccc3s2)c1)c1c2ccccc2cc2ccccc12. The maximum atomic E-state index is 13.5. The third-order valence-electron chi connectivity index (χ3n) is 6.12. The third kappa shape index (κ3) is 5.58. The van der Waals surface area contributed by atoms with Gasteiger partial charge in [-0.15, -0.1) is 11.3 Å². The molecule has 0 atom stereocenters. The van der Waals surface area contributed by atoms with Crippen LogP contribution in [0.2, 0.25) is 0 Å². The Kier molecular flexibility index (Phi) is 7.52. The molecule has 1 amide bonds. The number of esters is 1. The number of phenolic OH excluding ortho intramolecular Hbond substituents is 1.